The molecule has 0 unspecified atom stereocenters. The zero-order valence-corrected chi connectivity index (χ0v) is 17.4. The standard InChI is InChI=1S/C24H32N4O/c1-29-16-21-12-24(26-17-25-21)27-13-19-10-20(15-27)23-9-5-8-22(28(23)14-19)11-18-6-3-2-4-7-18/h2-4,6-7,12,17,19-20,22-23H,5,8-11,13-16H2,1H3/t19-,20+,22+,23-/m0/s1. The number of methoxy groups -OCH3 is 1. The summed E-state index contributed by atoms with van der Waals surface area (Å²) in [5.41, 5.74) is 2.46. The number of aromatic nitrogens is 2. The Morgan fingerprint density at radius 1 is 1.07 bits per heavy atom. The van der Waals surface area contributed by atoms with Gasteiger partial charge in [0.1, 0.15) is 12.1 Å². The monoisotopic (exact) mass is 392 g/mol. The minimum atomic E-state index is 0.549. The van der Waals surface area contributed by atoms with Gasteiger partial charge < -0.3 is 9.64 Å². The molecule has 0 amide bonds. The minimum absolute atomic E-state index is 0.549. The van der Waals surface area contributed by atoms with Crippen LogP contribution in [0, 0.1) is 11.8 Å². The Kier molecular flexibility index (Phi) is 5.51. The van der Waals surface area contributed by atoms with Crippen molar-refractivity contribution >= 4 is 5.82 Å². The summed E-state index contributed by atoms with van der Waals surface area (Å²) in [4.78, 5) is 14.3. The van der Waals surface area contributed by atoms with Gasteiger partial charge in [-0.15, -0.1) is 0 Å². The van der Waals surface area contributed by atoms with Crippen molar-refractivity contribution in [1.82, 2.24) is 14.9 Å². The molecule has 5 nitrogen and oxygen atoms in total. The van der Waals surface area contributed by atoms with Crippen molar-refractivity contribution in [3.05, 3.63) is 54.0 Å². The highest BCUT2D eigenvalue weighted by atomic mass is 16.5. The zero-order chi connectivity index (χ0) is 19.6. The fraction of sp³-hybridized carbons (Fsp3) is 0.583. The van der Waals surface area contributed by atoms with Gasteiger partial charge in [-0.05, 0) is 43.1 Å². The van der Waals surface area contributed by atoms with E-state index in [0.29, 0.717) is 12.6 Å². The highest BCUT2D eigenvalue weighted by Gasteiger charge is 2.44. The molecule has 4 atom stereocenters. The molecule has 4 heterocycles. The van der Waals surface area contributed by atoms with Crippen molar-refractivity contribution in [2.75, 3.05) is 31.6 Å². The summed E-state index contributed by atoms with van der Waals surface area (Å²) in [5, 5.41) is 0. The number of anilines is 1. The summed E-state index contributed by atoms with van der Waals surface area (Å²) in [6, 6.07) is 14.6. The lowest BCUT2D eigenvalue weighted by Gasteiger charge is -2.55. The van der Waals surface area contributed by atoms with E-state index in [1.807, 2.05) is 0 Å². The first-order valence-corrected chi connectivity index (χ1v) is 11.1. The van der Waals surface area contributed by atoms with Gasteiger partial charge in [-0.3, -0.25) is 4.90 Å². The second-order valence-electron chi connectivity index (χ2n) is 9.11. The maximum Gasteiger partial charge on any atom is 0.132 e. The smallest absolute Gasteiger partial charge is 0.132 e. The molecule has 1 aromatic carbocycles. The topological polar surface area (TPSA) is 41.5 Å². The van der Waals surface area contributed by atoms with Crippen molar-refractivity contribution in [3.8, 4) is 0 Å². The number of fused-ring (bicyclic) bond motifs is 4. The lowest BCUT2D eigenvalue weighted by Crippen LogP contribution is -2.62. The normalized spacial score (nSPS) is 29.5. The Hall–Kier alpha value is -1.98. The van der Waals surface area contributed by atoms with Crippen LogP contribution in [0.1, 0.15) is 36.9 Å². The SMILES string of the molecule is COCc1cc(N2C[C@@H]3C[C@H](C2)[C@@H]2CCC[C@H](Cc4ccccc4)N2C3)ncn1. The molecule has 1 aromatic heterocycles. The van der Waals surface area contributed by atoms with Crippen molar-refractivity contribution in [1.29, 1.82) is 0 Å². The summed E-state index contributed by atoms with van der Waals surface area (Å²) in [6.45, 7) is 4.03. The van der Waals surface area contributed by atoms with E-state index >= 15 is 0 Å². The molecule has 3 saturated heterocycles. The highest BCUT2D eigenvalue weighted by Crippen LogP contribution is 2.41. The van der Waals surface area contributed by atoms with Crippen LogP contribution in [0.15, 0.2) is 42.7 Å². The van der Waals surface area contributed by atoms with Gasteiger partial charge in [0, 0.05) is 44.9 Å². The van der Waals surface area contributed by atoms with Gasteiger partial charge in [0.25, 0.3) is 0 Å². The average molecular weight is 393 g/mol. The maximum absolute atomic E-state index is 5.26. The van der Waals surface area contributed by atoms with Crippen LogP contribution in [-0.4, -0.2) is 53.7 Å². The van der Waals surface area contributed by atoms with E-state index < -0.39 is 0 Å². The predicted molar refractivity (Wildman–Crippen MR) is 115 cm³/mol. The summed E-state index contributed by atoms with van der Waals surface area (Å²) >= 11 is 0. The number of hydrogen-bond donors (Lipinski definition) is 0. The van der Waals surface area contributed by atoms with Crippen LogP contribution in [0.4, 0.5) is 5.82 Å². The molecule has 0 N–H and O–H groups in total. The number of hydrogen-bond acceptors (Lipinski definition) is 5. The van der Waals surface area contributed by atoms with Crippen molar-refractivity contribution in [3.63, 3.8) is 0 Å². The van der Waals surface area contributed by atoms with Crippen LogP contribution in [0.3, 0.4) is 0 Å². The molecule has 5 heteroatoms. The Bertz CT molecular complexity index is 814. The van der Waals surface area contributed by atoms with Crippen LogP contribution < -0.4 is 4.90 Å². The molecule has 29 heavy (non-hydrogen) atoms. The van der Waals surface area contributed by atoms with E-state index in [2.05, 4.69) is 56.2 Å². The first kappa shape index (κ1) is 19.0. The molecule has 2 aromatic rings. The molecule has 3 fully saturated rings. The van der Waals surface area contributed by atoms with Gasteiger partial charge in [-0.25, -0.2) is 9.97 Å². The number of piperidine rings is 3. The molecule has 5 rings (SSSR count). The first-order chi connectivity index (χ1) is 14.3. The maximum atomic E-state index is 5.26. The van der Waals surface area contributed by atoms with Gasteiger partial charge >= 0.3 is 0 Å². The van der Waals surface area contributed by atoms with Crippen molar-refractivity contribution in [2.45, 2.75) is 50.8 Å². The highest BCUT2D eigenvalue weighted by molar-refractivity contribution is 5.40. The van der Waals surface area contributed by atoms with Crippen LogP contribution in [0.2, 0.25) is 0 Å². The molecule has 3 aliphatic heterocycles. The number of nitrogens with zero attached hydrogens (tertiary/aromatic N) is 4. The lowest BCUT2D eigenvalue weighted by molar-refractivity contribution is -0.0187. The van der Waals surface area contributed by atoms with E-state index in [-0.39, 0.29) is 0 Å². The van der Waals surface area contributed by atoms with Gasteiger partial charge in [-0.2, -0.15) is 0 Å². The predicted octanol–water partition coefficient (Wildman–Crippen LogP) is 3.54. The molecule has 3 aliphatic rings. The molecular formula is C24H32N4O. The third-order valence-electron chi connectivity index (χ3n) is 7.15. The van der Waals surface area contributed by atoms with E-state index in [1.54, 1.807) is 13.4 Å². The molecule has 154 valence electrons. The van der Waals surface area contributed by atoms with Gasteiger partial charge in [0.15, 0.2) is 0 Å². The summed E-state index contributed by atoms with van der Waals surface area (Å²) in [6.07, 6.45) is 8.34. The Balaban J connectivity index is 1.31. The fourth-order valence-corrected chi connectivity index (χ4v) is 5.99. The second kappa shape index (κ2) is 8.41. The zero-order valence-electron chi connectivity index (χ0n) is 17.4. The van der Waals surface area contributed by atoms with Crippen molar-refractivity contribution in [2.24, 2.45) is 11.8 Å². The van der Waals surface area contributed by atoms with Crippen LogP contribution in [-0.2, 0) is 17.8 Å². The van der Waals surface area contributed by atoms with Gasteiger partial charge in [-0.1, -0.05) is 36.8 Å². The summed E-state index contributed by atoms with van der Waals surface area (Å²) < 4.78 is 5.26. The van der Waals surface area contributed by atoms with Crippen LogP contribution in [0.5, 0.6) is 0 Å². The summed E-state index contributed by atoms with van der Waals surface area (Å²) in [5.74, 6) is 2.57. The molecule has 0 aliphatic carbocycles. The van der Waals surface area contributed by atoms with Gasteiger partial charge in [0.2, 0.25) is 0 Å². The van der Waals surface area contributed by atoms with Gasteiger partial charge in [0.05, 0.1) is 12.3 Å². The van der Waals surface area contributed by atoms with E-state index in [4.69, 9.17) is 4.74 Å². The molecular weight excluding hydrogens is 360 g/mol. The quantitative estimate of drug-likeness (QED) is 0.778. The molecule has 0 saturated carbocycles. The third kappa shape index (κ3) is 4.03. The molecule has 2 bridgehead atoms. The van der Waals surface area contributed by atoms with Crippen LogP contribution in [0.25, 0.3) is 0 Å². The van der Waals surface area contributed by atoms with E-state index in [0.717, 1.165) is 42.5 Å². The lowest BCUT2D eigenvalue weighted by atomic mass is 9.74. The minimum Gasteiger partial charge on any atom is -0.378 e. The fourth-order valence-electron chi connectivity index (χ4n) is 5.99. The Labute approximate surface area is 174 Å². The van der Waals surface area contributed by atoms with E-state index in [9.17, 15) is 0 Å². The molecule has 0 spiro atoms. The molecule has 0 radical (unpaired) electrons. The van der Waals surface area contributed by atoms with Crippen molar-refractivity contribution < 1.29 is 4.74 Å². The van der Waals surface area contributed by atoms with Crippen LogP contribution >= 0.6 is 0 Å². The van der Waals surface area contributed by atoms with E-state index in [1.165, 1.54) is 44.2 Å². The number of ether oxygens (including phenoxy) is 1. The average Bonchev–Trinajstić information content (AvgIpc) is 2.75. The Morgan fingerprint density at radius 3 is 2.83 bits per heavy atom. The first-order valence-electron chi connectivity index (χ1n) is 11.1. The number of benzene rings is 1. The summed E-state index contributed by atoms with van der Waals surface area (Å²) in [7, 11) is 1.72. The third-order valence-corrected chi connectivity index (χ3v) is 7.15. The Morgan fingerprint density at radius 2 is 1.97 bits per heavy atom. The largest absolute Gasteiger partial charge is 0.378 e. The number of rotatable bonds is 5. The second-order valence-corrected chi connectivity index (χ2v) is 9.11.